The molecule has 160 valence electrons. The SMILES string of the molecule is Cc1ccc(CN(Cc2cc(=O)n3nc(C4CCCCC4)sc3n2)CC(C)C)cc1. The fourth-order valence-electron chi connectivity index (χ4n) is 4.35. The van der Waals surface area contributed by atoms with E-state index < -0.39 is 0 Å². The molecule has 0 N–H and O–H groups in total. The van der Waals surface area contributed by atoms with Crippen molar-refractivity contribution in [1.29, 1.82) is 0 Å². The van der Waals surface area contributed by atoms with Crippen molar-refractivity contribution in [2.75, 3.05) is 6.54 Å². The number of hydrogen-bond donors (Lipinski definition) is 0. The average Bonchev–Trinajstić information content (AvgIpc) is 3.15. The maximum atomic E-state index is 12.7. The minimum atomic E-state index is -0.0619. The highest BCUT2D eigenvalue weighted by molar-refractivity contribution is 7.16. The third kappa shape index (κ3) is 5.16. The highest BCUT2D eigenvalue weighted by Gasteiger charge is 2.21. The molecule has 30 heavy (non-hydrogen) atoms. The molecule has 0 spiro atoms. The molecule has 1 aromatic carbocycles. The Morgan fingerprint density at radius 1 is 1.13 bits per heavy atom. The van der Waals surface area contributed by atoms with Crippen LogP contribution in [0.15, 0.2) is 35.1 Å². The maximum absolute atomic E-state index is 12.7. The van der Waals surface area contributed by atoms with Crippen molar-refractivity contribution >= 4 is 16.3 Å². The minimum absolute atomic E-state index is 0.0619. The third-order valence-corrected chi connectivity index (χ3v) is 6.87. The van der Waals surface area contributed by atoms with E-state index in [9.17, 15) is 4.79 Å². The van der Waals surface area contributed by atoms with Crippen molar-refractivity contribution in [2.45, 2.75) is 71.9 Å². The van der Waals surface area contributed by atoms with Gasteiger partial charge in [-0.05, 0) is 31.2 Å². The Morgan fingerprint density at radius 2 is 1.87 bits per heavy atom. The van der Waals surface area contributed by atoms with Crippen LogP contribution in [0.2, 0.25) is 0 Å². The van der Waals surface area contributed by atoms with Gasteiger partial charge in [0.1, 0.15) is 5.01 Å². The lowest BCUT2D eigenvalue weighted by molar-refractivity contribution is 0.225. The summed E-state index contributed by atoms with van der Waals surface area (Å²) in [5.41, 5.74) is 3.34. The smallest absolute Gasteiger partial charge is 0.275 e. The van der Waals surface area contributed by atoms with Crippen LogP contribution in [0.25, 0.3) is 4.96 Å². The molecule has 1 aliphatic carbocycles. The lowest BCUT2D eigenvalue weighted by atomic mass is 9.90. The summed E-state index contributed by atoms with van der Waals surface area (Å²) in [6.45, 7) is 9.06. The lowest BCUT2D eigenvalue weighted by Crippen LogP contribution is -2.28. The minimum Gasteiger partial charge on any atom is -0.293 e. The Bertz CT molecular complexity index is 1030. The Labute approximate surface area is 182 Å². The Morgan fingerprint density at radius 3 is 2.57 bits per heavy atom. The summed E-state index contributed by atoms with van der Waals surface area (Å²) in [7, 11) is 0. The summed E-state index contributed by atoms with van der Waals surface area (Å²) in [4.78, 5) is 20.7. The third-order valence-electron chi connectivity index (χ3n) is 5.80. The molecule has 5 nitrogen and oxygen atoms in total. The zero-order chi connectivity index (χ0) is 21.1. The topological polar surface area (TPSA) is 50.5 Å². The van der Waals surface area contributed by atoms with E-state index in [-0.39, 0.29) is 5.56 Å². The number of rotatable bonds is 7. The predicted molar refractivity (Wildman–Crippen MR) is 123 cm³/mol. The molecule has 0 radical (unpaired) electrons. The predicted octanol–water partition coefficient (Wildman–Crippen LogP) is 5.17. The van der Waals surface area contributed by atoms with E-state index in [4.69, 9.17) is 4.98 Å². The van der Waals surface area contributed by atoms with Gasteiger partial charge in [-0.25, -0.2) is 4.98 Å². The van der Waals surface area contributed by atoms with Crippen molar-refractivity contribution in [3.8, 4) is 0 Å². The van der Waals surface area contributed by atoms with Gasteiger partial charge in [-0.15, -0.1) is 0 Å². The van der Waals surface area contributed by atoms with Crippen molar-refractivity contribution in [3.63, 3.8) is 0 Å². The van der Waals surface area contributed by atoms with Crippen molar-refractivity contribution in [2.24, 2.45) is 5.92 Å². The molecule has 0 bridgehead atoms. The Kier molecular flexibility index (Phi) is 6.64. The molecule has 2 aromatic heterocycles. The van der Waals surface area contributed by atoms with Crippen LogP contribution in [0.4, 0.5) is 0 Å². The summed E-state index contributed by atoms with van der Waals surface area (Å²) in [6, 6.07) is 10.4. The Balaban J connectivity index is 1.56. The molecule has 0 amide bonds. The molecular weight excluding hydrogens is 392 g/mol. The van der Waals surface area contributed by atoms with Crippen LogP contribution in [0, 0.1) is 12.8 Å². The van der Waals surface area contributed by atoms with Gasteiger partial charge in [0.2, 0.25) is 4.96 Å². The van der Waals surface area contributed by atoms with E-state index >= 15 is 0 Å². The number of nitrogens with zero attached hydrogens (tertiary/aromatic N) is 4. The van der Waals surface area contributed by atoms with Crippen molar-refractivity contribution < 1.29 is 0 Å². The second-order valence-corrected chi connectivity index (χ2v) is 10.1. The molecule has 6 heteroatoms. The fraction of sp³-hybridized carbons (Fsp3) is 0.542. The van der Waals surface area contributed by atoms with Gasteiger partial charge < -0.3 is 0 Å². The molecule has 1 fully saturated rings. The molecule has 4 rings (SSSR count). The molecule has 1 aliphatic rings. The van der Waals surface area contributed by atoms with Crippen molar-refractivity contribution in [1.82, 2.24) is 19.5 Å². The second-order valence-electron chi connectivity index (χ2n) is 9.10. The van der Waals surface area contributed by atoms with E-state index in [1.807, 2.05) is 0 Å². The first kappa shape index (κ1) is 21.2. The van der Waals surface area contributed by atoms with Crippen LogP contribution < -0.4 is 5.56 Å². The number of benzene rings is 1. The largest absolute Gasteiger partial charge is 0.293 e. The van der Waals surface area contributed by atoms with E-state index in [1.165, 1.54) is 47.7 Å². The van der Waals surface area contributed by atoms with E-state index in [1.54, 1.807) is 17.4 Å². The first-order valence-corrected chi connectivity index (χ1v) is 12.0. The molecular formula is C24H32N4OS. The van der Waals surface area contributed by atoms with Crippen LogP contribution in [-0.4, -0.2) is 26.0 Å². The molecule has 3 aromatic rings. The number of aryl methyl sites for hydroxylation is 1. The first-order chi connectivity index (χ1) is 14.5. The number of aromatic nitrogens is 3. The van der Waals surface area contributed by atoms with Gasteiger partial charge in [-0.1, -0.05) is 74.3 Å². The van der Waals surface area contributed by atoms with Crippen LogP contribution in [0.1, 0.15) is 73.7 Å². The maximum Gasteiger partial charge on any atom is 0.275 e. The summed E-state index contributed by atoms with van der Waals surface area (Å²) in [5, 5.41) is 5.71. The first-order valence-electron chi connectivity index (χ1n) is 11.2. The summed E-state index contributed by atoms with van der Waals surface area (Å²) >= 11 is 1.60. The van der Waals surface area contributed by atoms with Gasteiger partial charge >= 0.3 is 0 Å². The zero-order valence-corrected chi connectivity index (χ0v) is 19.1. The van der Waals surface area contributed by atoms with Gasteiger partial charge in [-0.3, -0.25) is 9.69 Å². The Hall–Kier alpha value is -2.05. The second kappa shape index (κ2) is 9.40. The van der Waals surface area contributed by atoms with Crippen LogP contribution in [-0.2, 0) is 13.1 Å². The summed E-state index contributed by atoms with van der Waals surface area (Å²) in [6.07, 6.45) is 6.20. The zero-order valence-electron chi connectivity index (χ0n) is 18.3. The quantitative estimate of drug-likeness (QED) is 0.525. The molecule has 1 saturated carbocycles. The highest BCUT2D eigenvalue weighted by atomic mass is 32.1. The van der Waals surface area contributed by atoms with Gasteiger partial charge in [0.15, 0.2) is 0 Å². The van der Waals surface area contributed by atoms with E-state index in [0.29, 0.717) is 18.4 Å². The van der Waals surface area contributed by atoms with Crippen LogP contribution in [0.3, 0.4) is 0 Å². The monoisotopic (exact) mass is 424 g/mol. The lowest BCUT2D eigenvalue weighted by Gasteiger charge is -2.24. The summed E-state index contributed by atoms with van der Waals surface area (Å²) < 4.78 is 1.50. The van der Waals surface area contributed by atoms with Gasteiger partial charge in [0.25, 0.3) is 5.56 Å². The fourth-order valence-corrected chi connectivity index (χ4v) is 5.44. The number of hydrogen-bond acceptors (Lipinski definition) is 5. The highest BCUT2D eigenvalue weighted by Crippen LogP contribution is 2.34. The molecule has 0 unspecified atom stereocenters. The van der Waals surface area contributed by atoms with Gasteiger partial charge in [-0.2, -0.15) is 9.61 Å². The normalized spacial score (nSPS) is 15.5. The standard InChI is InChI=1S/C24H32N4OS/c1-17(2)14-27(15-19-11-9-18(3)10-12-19)16-21-13-22(29)28-24(25-21)30-23(26-28)20-7-5-4-6-8-20/h9-13,17,20H,4-8,14-16H2,1-3H3. The van der Waals surface area contributed by atoms with Crippen molar-refractivity contribution in [3.05, 3.63) is 62.5 Å². The molecule has 0 saturated heterocycles. The van der Waals surface area contributed by atoms with E-state index in [0.717, 1.165) is 28.8 Å². The van der Waals surface area contributed by atoms with Gasteiger partial charge in [0, 0.05) is 31.6 Å². The van der Waals surface area contributed by atoms with Gasteiger partial charge in [0.05, 0.1) is 5.69 Å². The number of fused-ring (bicyclic) bond motifs is 1. The molecule has 2 heterocycles. The van der Waals surface area contributed by atoms with Crippen LogP contribution in [0.5, 0.6) is 0 Å². The van der Waals surface area contributed by atoms with E-state index in [2.05, 4.69) is 55.0 Å². The molecule has 0 atom stereocenters. The molecule has 0 aliphatic heterocycles. The summed E-state index contributed by atoms with van der Waals surface area (Å²) in [5.74, 6) is 1.04. The van der Waals surface area contributed by atoms with Crippen LogP contribution >= 0.6 is 11.3 Å². The average molecular weight is 425 g/mol.